The first kappa shape index (κ1) is 16.7. The van der Waals surface area contributed by atoms with Gasteiger partial charge in [-0.05, 0) is 18.2 Å². The van der Waals surface area contributed by atoms with Crippen LogP contribution in [0.2, 0.25) is 5.02 Å². The van der Waals surface area contributed by atoms with E-state index < -0.39 is 5.92 Å². The van der Waals surface area contributed by atoms with E-state index in [2.05, 4.69) is 4.99 Å². The number of rotatable bonds is 3. The third-order valence-corrected chi connectivity index (χ3v) is 4.95. The lowest BCUT2D eigenvalue weighted by Crippen LogP contribution is -2.26. The van der Waals surface area contributed by atoms with Crippen molar-refractivity contribution in [2.75, 3.05) is 18.6 Å². The summed E-state index contributed by atoms with van der Waals surface area (Å²) >= 11 is 7.41. The van der Waals surface area contributed by atoms with E-state index in [-0.39, 0.29) is 24.8 Å². The van der Waals surface area contributed by atoms with Crippen LogP contribution >= 0.6 is 22.9 Å². The minimum atomic E-state index is -0.469. The Hall–Kier alpha value is -2.12. The molecule has 1 aromatic heterocycles. The van der Waals surface area contributed by atoms with E-state index in [1.807, 2.05) is 18.6 Å². The summed E-state index contributed by atoms with van der Waals surface area (Å²) in [5, 5.41) is 2.36. The van der Waals surface area contributed by atoms with Gasteiger partial charge in [0.05, 0.1) is 18.7 Å². The molecule has 0 spiro atoms. The number of ether oxygens (including phenoxy) is 1. The molecule has 1 unspecified atom stereocenters. The van der Waals surface area contributed by atoms with Gasteiger partial charge in [0.15, 0.2) is 4.80 Å². The van der Waals surface area contributed by atoms with Crippen molar-refractivity contribution < 1.29 is 14.3 Å². The van der Waals surface area contributed by atoms with E-state index >= 15 is 0 Å². The van der Waals surface area contributed by atoms with Crippen molar-refractivity contribution in [3.63, 3.8) is 0 Å². The number of aromatic nitrogens is 1. The predicted octanol–water partition coefficient (Wildman–Crippen LogP) is 2.23. The largest absolute Gasteiger partial charge is 0.495 e. The van der Waals surface area contributed by atoms with Gasteiger partial charge >= 0.3 is 0 Å². The first-order valence-electron chi connectivity index (χ1n) is 7.32. The maximum atomic E-state index is 12.4. The summed E-state index contributed by atoms with van der Waals surface area (Å²) in [6, 6.07) is 5.07. The number of carbonyl (C=O) groups excluding carboxylic acids is 2. The Balaban J connectivity index is 1.85. The van der Waals surface area contributed by atoms with Crippen molar-refractivity contribution in [2.24, 2.45) is 18.0 Å². The molecule has 3 rings (SSSR count). The average molecular weight is 366 g/mol. The minimum absolute atomic E-state index is 0.132. The second-order valence-electron chi connectivity index (χ2n) is 5.47. The molecule has 0 radical (unpaired) electrons. The molecule has 2 amide bonds. The molecule has 0 saturated carbocycles. The Morgan fingerprint density at radius 3 is 2.92 bits per heavy atom. The zero-order chi connectivity index (χ0) is 17.3. The summed E-state index contributed by atoms with van der Waals surface area (Å²) in [6.45, 7) is 0.271. The van der Waals surface area contributed by atoms with Gasteiger partial charge in [-0.15, -0.1) is 11.3 Å². The Labute approximate surface area is 148 Å². The van der Waals surface area contributed by atoms with Gasteiger partial charge in [-0.3, -0.25) is 9.59 Å². The fourth-order valence-corrected chi connectivity index (χ4v) is 3.50. The predicted molar refractivity (Wildman–Crippen MR) is 92.3 cm³/mol. The molecule has 1 aromatic carbocycles. The van der Waals surface area contributed by atoms with Gasteiger partial charge < -0.3 is 14.2 Å². The number of amides is 2. The van der Waals surface area contributed by atoms with Crippen LogP contribution in [0.15, 0.2) is 34.8 Å². The van der Waals surface area contributed by atoms with E-state index in [1.54, 1.807) is 22.8 Å². The lowest BCUT2D eigenvalue weighted by atomic mass is 10.1. The van der Waals surface area contributed by atoms with Crippen molar-refractivity contribution in [2.45, 2.75) is 6.42 Å². The first-order chi connectivity index (χ1) is 11.5. The van der Waals surface area contributed by atoms with Crippen LogP contribution in [0, 0.1) is 5.92 Å². The van der Waals surface area contributed by atoms with Crippen molar-refractivity contribution in [3.8, 4) is 5.75 Å². The molecule has 6 nitrogen and oxygen atoms in total. The number of benzene rings is 1. The summed E-state index contributed by atoms with van der Waals surface area (Å²) in [6.07, 6.45) is 1.97. The molecule has 0 bridgehead atoms. The summed E-state index contributed by atoms with van der Waals surface area (Å²) in [5.74, 6) is -0.352. The number of methoxy groups -OCH3 is 1. The maximum absolute atomic E-state index is 12.4. The summed E-state index contributed by atoms with van der Waals surface area (Å²) in [4.78, 5) is 31.1. The van der Waals surface area contributed by atoms with E-state index in [1.165, 1.54) is 23.3 Å². The molecule has 1 saturated heterocycles. The van der Waals surface area contributed by atoms with Crippen LogP contribution in [0.25, 0.3) is 0 Å². The Bertz CT molecular complexity index is 858. The maximum Gasteiger partial charge on any atom is 0.253 e. The fourth-order valence-electron chi connectivity index (χ4n) is 2.60. The average Bonchev–Trinajstić information content (AvgIpc) is 3.13. The van der Waals surface area contributed by atoms with E-state index in [0.29, 0.717) is 21.3 Å². The topological polar surface area (TPSA) is 63.9 Å². The SMILES string of the molecule is COc1ccc(Cl)cc1N1CC(C(=O)N=c2sccn2C)CC1=O. The van der Waals surface area contributed by atoms with Crippen molar-refractivity contribution >= 4 is 40.4 Å². The molecule has 1 aliphatic heterocycles. The fraction of sp³-hybridized carbons (Fsp3) is 0.312. The summed E-state index contributed by atoms with van der Waals surface area (Å²) in [5.41, 5.74) is 0.576. The number of halogens is 1. The van der Waals surface area contributed by atoms with E-state index in [4.69, 9.17) is 16.3 Å². The highest BCUT2D eigenvalue weighted by molar-refractivity contribution is 7.07. The molecule has 1 aliphatic rings. The van der Waals surface area contributed by atoms with Gasteiger partial charge in [-0.25, -0.2) is 0 Å². The highest BCUT2D eigenvalue weighted by Crippen LogP contribution is 2.35. The second kappa shape index (κ2) is 6.78. The molecule has 1 fully saturated rings. The lowest BCUT2D eigenvalue weighted by molar-refractivity contribution is -0.123. The minimum Gasteiger partial charge on any atom is -0.495 e. The van der Waals surface area contributed by atoms with Crippen LogP contribution in [0.5, 0.6) is 5.75 Å². The van der Waals surface area contributed by atoms with Crippen LogP contribution in [0.4, 0.5) is 5.69 Å². The number of nitrogens with zero attached hydrogens (tertiary/aromatic N) is 3. The summed E-state index contributed by atoms with van der Waals surface area (Å²) in [7, 11) is 3.35. The van der Waals surface area contributed by atoms with E-state index in [9.17, 15) is 9.59 Å². The normalized spacial score (nSPS) is 18.3. The summed E-state index contributed by atoms with van der Waals surface area (Å²) < 4.78 is 7.07. The molecule has 1 atom stereocenters. The van der Waals surface area contributed by atoms with Gasteiger partial charge in [-0.1, -0.05) is 11.6 Å². The van der Waals surface area contributed by atoms with E-state index in [0.717, 1.165) is 0 Å². The van der Waals surface area contributed by atoms with Gasteiger partial charge in [0.1, 0.15) is 5.75 Å². The quantitative estimate of drug-likeness (QED) is 0.837. The number of anilines is 1. The number of carbonyl (C=O) groups is 2. The van der Waals surface area contributed by atoms with Crippen molar-refractivity contribution in [3.05, 3.63) is 39.6 Å². The highest BCUT2D eigenvalue weighted by atomic mass is 35.5. The number of aryl methyl sites for hydroxylation is 1. The molecule has 0 N–H and O–H groups in total. The molecule has 0 aliphatic carbocycles. The van der Waals surface area contributed by atoms with Crippen LogP contribution in [0.1, 0.15) is 6.42 Å². The number of hydrogen-bond acceptors (Lipinski definition) is 4. The van der Waals surface area contributed by atoms with Gasteiger partial charge in [0.2, 0.25) is 5.91 Å². The Morgan fingerprint density at radius 2 is 2.25 bits per heavy atom. The Kier molecular flexibility index (Phi) is 4.73. The van der Waals surface area contributed by atoms with Crippen molar-refractivity contribution in [1.82, 2.24) is 4.57 Å². The highest BCUT2D eigenvalue weighted by Gasteiger charge is 2.36. The molecule has 2 heterocycles. The molecular formula is C16H16ClN3O3S. The van der Waals surface area contributed by atoms with Crippen LogP contribution in [0.3, 0.4) is 0 Å². The van der Waals surface area contributed by atoms with Crippen LogP contribution in [-0.4, -0.2) is 30.0 Å². The third-order valence-electron chi connectivity index (χ3n) is 3.87. The smallest absolute Gasteiger partial charge is 0.253 e. The third kappa shape index (κ3) is 3.22. The van der Waals surface area contributed by atoms with Crippen LogP contribution < -0.4 is 14.4 Å². The number of thiazole rings is 1. The number of hydrogen-bond donors (Lipinski definition) is 0. The van der Waals surface area contributed by atoms with Crippen molar-refractivity contribution in [1.29, 1.82) is 0 Å². The Morgan fingerprint density at radius 1 is 1.46 bits per heavy atom. The lowest BCUT2D eigenvalue weighted by Gasteiger charge is -2.19. The second-order valence-corrected chi connectivity index (χ2v) is 6.78. The van der Waals surface area contributed by atoms with Gasteiger partial charge in [0.25, 0.3) is 5.91 Å². The van der Waals surface area contributed by atoms with Gasteiger partial charge in [0, 0.05) is 36.6 Å². The monoisotopic (exact) mass is 365 g/mol. The molecule has 126 valence electrons. The zero-order valence-electron chi connectivity index (χ0n) is 13.2. The standard InChI is InChI=1S/C16H16ClN3O3S/c1-19-5-6-24-16(19)18-15(22)10-7-14(21)20(9-10)12-8-11(17)3-4-13(12)23-2/h3-6,8,10H,7,9H2,1-2H3. The first-order valence-corrected chi connectivity index (χ1v) is 8.58. The zero-order valence-corrected chi connectivity index (χ0v) is 14.8. The van der Waals surface area contributed by atoms with Crippen LogP contribution in [-0.2, 0) is 16.6 Å². The molecule has 24 heavy (non-hydrogen) atoms. The molecular weight excluding hydrogens is 350 g/mol. The molecule has 8 heteroatoms. The molecule has 2 aromatic rings. The van der Waals surface area contributed by atoms with Gasteiger partial charge in [-0.2, -0.15) is 4.99 Å².